The summed E-state index contributed by atoms with van der Waals surface area (Å²) in [6.07, 6.45) is 2.78. The van der Waals surface area contributed by atoms with Crippen molar-refractivity contribution in [2.75, 3.05) is 13.7 Å². The summed E-state index contributed by atoms with van der Waals surface area (Å²) in [7, 11) is 1.48. The molecule has 1 aliphatic carbocycles. The lowest BCUT2D eigenvalue weighted by molar-refractivity contribution is -0.154. The summed E-state index contributed by atoms with van der Waals surface area (Å²) in [5.74, 6) is -2.81. The van der Waals surface area contributed by atoms with Crippen LogP contribution in [0.5, 0.6) is 5.75 Å². The molecular weight excluding hydrogens is 479 g/mol. The van der Waals surface area contributed by atoms with Gasteiger partial charge in [-0.15, -0.1) is 0 Å². The number of allylic oxidation sites excluding steroid dienone is 2. The number of nitrogens with zero attached hydrogens (tertiary/aromatic N) is 2. The van der Waals surface area contributed by atoms with Crippen molar-refractivity contribution in [2.45, 2.75) is 19.8 Å². The number of carbonyl (C=O) groups is 4. The Morgan fingerprint density at radius 2 is 1.76 bits per heavy atom. The average molecular weight is 501 g/mol. The quantitative estimate of drug-likeness (QED) is 0.329. The van der Waals surface area contributed by atoms with E-state index in [0.717, 1.165) is 15.6 Å². The SMILES string of the molecule is COc1cccc(C(=O)CN(C(=O)c2ccc(Cl)c(Cl)c2)N2C(=O)[C@H]3CC=C(C)C[C@H]3C2=O)c1. The number of hydrazine groups is 1. The first-order valence-corrected chi connectivity index (χ1v) is 11.4. The Labute approximate surface area is 206 Å². The fraction of sp³-hybridized carbons (Fsp3) is 0.280. The lowest BCUT2D eigenvalue weighted by Gasteiger charge is -2.30. The van der Waals surface area contributed by atoms with E-state index in [4.69, 9.17) is 27.9 Å². The highest BCUT2D eigenvalue weighted by Crippen LogP contribution is 2.39. The van der Waals surface area contributed by atoms with E-state index >= 15 is 0 Å². The predicted molar refractivity (Wildman–Crippen MR) is 127 cm³/mol. The summed E-state index contributed by atoms with van der Waals surface area (Å²) >= 11 is 12.1. The molecular formula is C25H22Cl2N2O5. The third-order valence-corrected chi connectivity index (χ3v) is 6.87. The van der Waals surface area contributed by atoms with Crippen LogP contribution in [-0.2, 0) is 9.59 Å². The molecule has 2 aromatic rings. The standard InChI is InChI=1S/C25H22Cl2N2O5/c1-14-6-8-18-19(10-14)25(33)29(24(18)32)28(23(31)16-7-9-20(26)21(27)12-16)13-22(30)15-4-3-5-17(11-15)34-2/h3-7,9,11-12,18-19H,8,10,13H2,1-2H3/t18-,19+/m0/s1. The van der Waals surface area contributed by atoms with E-state index in [2.05, 4.69) is 0 Å². The van der Waals surface area contributed by atoms with E-state index in [1.165, 1.54) is 31.4 Å². The minimum Gasteiger partial charge on any atom is -0.497 e. The second-order valence-corrected chi connectivity index (χ2v) is 9.15. The van der Waals surface area contributed by atoms with E-state index in [1.54, 1.807) is 18.2 Å². The van der Waals surface area contributed by atoms with Gasteiger partial charge in [-0.05, 0) is 50.1 Å². The van der Waals surface area contributed by atoms with Gasteiger partial charge in [0.15, 0.2) is 5.78 Å². The van der Waals surface area contributed by atoms with Gasteiger partial charge in [0, 0.05) is 11.1 Å². The third kappa shape index (κ3) is 4.45. The third-order valence-electron chi connectivity index (χ3n) is 6.13. The number of Topliss-reactive ketones (excluding diaryl/α,β-unsaturated/α-hetero) is 1. The van der Waals surface area contributed by atoms with Crippen LogP contribution in [0.4, 0.5) is 0 Å². The van der Waals surface area contributed by atoms with Gasteiger partial charge in [-0.2, -0.15) is 5.01 Å². The molecule has 4 rings (SSSR count). The Kier molecular flexibility index (Phi) is 6.77. The van der Waals surface area contributed by atoms with Gasteiger partial charge < -0.3 is 4.74 Å². The van der Waals surface area contributed by atoms with Crippen LogP contribution in [0.2, 0.25) is 10.0 Å². The summed E-state index contributed by atoms with van der Waals surface area (Å²) in [6.45, 7) is 1.39. The van der Waals surface area contributed by atoms with E-state index in [9.17, 15) is 19.2 Å². The molecule has 176 valence electrons. The van der Waals surface area contributed by atoms with Gasteiger partial charge in [0.25, 0.3) is 17.7 Å². The molecule has 0 unspecified atom stereocenters. The smallest absolute Gasteiger partial charge is 0.273 e. The van der Waals surface area contributed by atoms with Crippen LogP contribution in [0.15, 0.2) is 54.1 Å². The molecule has 0 radical (unpaired) electrons. The molecule has 1 saturated heterocycles. The Bertz CT molecular complexity index is 1230. The van der Waals surface area contributed by atoms with Crippen molar-refractivity contribution in [3.8, 4) is 5.75 Å². The van der Waals surface area contributed by atoms with Crippen LogP contribution in [0.1, 0.15) is 40.5 Å². The number of carbonyl (C=O) groups excluding carboxylic acids is 4. The number of ketones is 1. The molecule has 0 spiro atoms. The van der Waals surface area contributed by atoms with Crippen LogP contribution in [0.3, 0.4) is 0 Å². The second kappa shape index (κ2) is 9.60. The molecule has 2 aliphatic rings. The minimum absolute atomic E-state index is 0.0950. The summed E-state index contributed by atoms with van der Waals surface area (Å²) in [6, 6.07) is 10.7. The minimum atomic E-state index is -0.708. The maximum atomic E-state index is 13.5. The number of amides is 3. The van der Waals surface area contributed by atoms with Gasteiger partial charge >= 0.3 is 0 Å². The van der Waals surface area contributed by atoms with Crippen LogP contribution in [0.25, 0.3) is 0 Å². The normalized spacial score (nSPS) is 19.5. The van der Waals surface area contributed by atoms with Crippen molar-refractivity contribution in [3.05, 3.63) is 75.3 Å². The Morgan fingerprint density at radius 1 is 1.03 bits per heavy atom. The molecule has 0 bridgehead atoms. The molecule has 1 heterocycles. The number of methoxy groups -OCH3 is 1. The van der Waals surface area contributed by atoms with E-state index in [-0.39, 0.29) is 21.2 Å². The van der Waals surface area contributed by atoms with Crippen molar-refractivity contribution < 1.29 is 23.9 Å². The van der Waals surface area contributed by atoms with E-state index in [1.807, 2.05) is 13.0 Å². The molecule has 1 aliphatic heterocycles. The fourth-order valence-electron chi connectivity index (χ4n) is 4.29. The number of imide groups is 1. The molecule has 3 amide bonds. The van der Waals surface area contributed by atoms with Crippen molar-refractivity contribution in [1.29, 1.82) is 0 Å². The second-order valence-electron chi connectivity index (χ2n) is 8.34. The molecule has 0 saturated carbocycles. The van der Waals surface area contributed by atoms with Crippen LogP contribution in [0, 0.1) is 11.8 Å². The summed E-state index contributed by atoms with van der Waals surface area (Å²) in [5.41, 5.74) is 1.39. The number of ether oxygens (including phenoxy) is 1. The van der Waals surface area contributed by atoms with Crippen molar-refractivity contribution in [2.24, 2.45) is 11.8 Å². The summed E-state index contributed by atoms with van der Waals surface area (Å²) in [5, 5.41) is 2.14. The van der Waals surface area contributed by atoms with Crippen molar-refractivity contribution >= 4 is 46.7 Å². The molecule has 0 N–H and O–H groups in total. The zero-order valence-electron chi connectivity index (χ0n) is 18.6. The van der Waals surface area contributed by atoms with Crippen molar-refractivity contribution in [3.63, 3.8) is 0 Å². The first-order chi connectivity index (χ1) is 16.2. The van der Waals surface area contributed by atoms with Gasteiger partial charge in [-0.1, -0.05) is 47.0 Å². The molecule has 2 atom stereocenters. The van der Waals surface area contributed by atoms with Crippen LogP contribution in [-0.4, -0.2) is 47.2 Å². The molecule has 0 aromatic heterocycles. The van der Waals surface area contributed by atoms with Gasteiger partial charge in [0.1, 0.15) is 12.3 Å². The number of rotatable bonds is 6. The first-order valence-electron chi connectivity index (χ1n) is 10.7. The zero-order valence-corrected chi connectivity index (χ0v) is 20.1. The van der Waals surface area contributed by atoms with E-state index in [0.29, 0.717) is 18.6 Å². The van der Waals surface area contributed by atoms with Crippen LogP contribution < -0.4 is 4.74 Å². The zero-order chi connectivity index (χ0) is 24.6. The Morgan fingerprint density at radius 3 is 2.47 bits per heavy atom. The number of halogens is 2. The number of hydrogen-bond acceptors (Lipinski definition) is 5. The number of benzene rings is 2. The largest absolute Gasteiger partial charge is 0.497 e. The first kappa shape index (κ1) is 24.0. The lowest BCUT2D eigenvalue weighted by Crippen LogP contribution is -2.52. The fourth-order valence-corrected chi connectivity index (χ4v) is 4.59. The number of hydrogen-bond donors (Lipinski definition) is 0. The summed E-state index contributed by atoms with van der Waals surface area (Å²) < 4.78 is 5.17. The molecule has 9 heteroatoms. The molecule has 2 aromatic carbocycles. The maximum absolute atomic E-state index is 13.5. The topological polar surface area (TPSA) is 84.0 Å². The van der Waals surface area contributed by atoms with E-state index < -0.39 is 41.9 Å². The highest BCUT2D eigenvalue weighted by Gasteiger charge is 2.51. The lowest BCUT2D eigenvalue weighted by atomic mass is 9.82. The molecule has 1 fully saturated rings. The monoisotopic (exact) mass is 500 g/mol. The molecule has 7 nitrogen and oxygen atoms in total. The highest BCUT2D eigenvalue weighted by molar-refractivity contribution is 6.42. The van der Waals surface area contributed by atoms with Gasteiger partial charge in [0.05, 0.1) is 29.0 Å². The van der Waals surface area contributed by atoms with Crippen LogP contribution >= 0.6 is 23.2 Å². The number of fused-ring (bicyclic) bond motifs is 1. The van der Waals surface area contributed by atoms with Gasteiger partial charge in [-0.3, -0.25) is 19.2 Å². The van der Waals surface area contributed by atoms with Gasteiger partial charge in [0.2, 0.25) is 0 Å². The Balaban J connectivity index is 1.71. The average Bonchev–Trinajstić information content (AvgIpc) is 3.07. The van der Waals surface area contributed by atoms with Gasteiger partial charge in [-0.25, -0.2) is 5.01 Å². The predicted octanol–water partition coefficient (Wildman–Crippen LogP) is 4.58. The van der Waals surface area contributed by atoms with Crippen molar-refractivity contribution in [1.82, 2.24) is 10.0 Å². The maximum Gasteiger partial charge on any atom is 0.273 e. The highest BCUT2D eigenvalue weighted by atomic mass is 35.5. The Hall–Kier alpha value is -3.16. The molecule has 34 heavy (non-hydrogen) atoms. The summed E-state index contributed by atoms with van der Waals surface area (Å²) in [4.78, 5) is 53.3.